The summed E-state index contributed by atoms with van der Waals surface area (Å²) in [6.45, 7) is 0. The lowest BCUT2D eigenvalue weighted by Crippen LogP contribution is -2.68. The lowest BCUT2D eigenvalue weighted by Gasteiger charge is -2.17. The normalized spacial score (nSPS) is 12.1. The van der Waals surface area contributed by atoms with Gasteiger partial charge in [-0.15, -0.1) is 20.5 Å². The number of benzene rings is 4. The third-order valence-electron chi connectivity index (χ3n) is 7.34. The SMILES string of the molecule is COc1ccc2c(c1)CCc1c-2[o+]c2ccccc2c1-c1cc(-c2ccccc2)[o+]c(-c2ccccc2)c1.[O-][Cl+3]([O-])([O-])[O-].[O-][Cl+3]([O-])([O-])[O-]. The van der Waals surface area contributed by atoms with Gasteiger partial charge < -0.3 is 4.74 Å². The summed E-state index contributed by atoms with van der Waals surface area (Å²) in [6.07, 6.45) is 1.81. The van der Waals surface area contributed by atoms with Crippen LogP contribution in [0.1, 0.15) is 11.1 Å². The third-order valence-corrected chi connectivity index (χ3v) is 7.34. The van der Waals surface area contributed by atoms with Gasteiger partial charge in [-0.25, -0.2) is 46.1 Å². The van der Waals surface area contributed by atoms with Crippen LogP contribution in [0.25, 0.3) is 56.1 Å². The molecule has 0 amide bonds. The molecule has 0 saturated heterocycles. The van der Waals surface area contributed by atoms with Crippen molar-refractivity contribution in [2.45, 2.75) is 12.8 Å². The van der Waals surface area contributed by atoms with E-state index in [9.17, 15) is 0 Å². The van der Waals surface area contributed by atoms with Gasteiger partial charge in [0, 0.05) is 17.2 Å². The summed E-state index contributed by atoms with van der Waals surface area (Å²) in [4.78, 5) is 0. The van der Waals surface area contributed by atoms with Crippen LogP contribution in [-0.2, 0) is 12.8 Å². The molecule has 0 bridgehead atoms. The summed E-state index contributed by atoms with van der Waals surface area (Å²) in [6, 6.07) is 39.6. The molecule has 1 aliphatic carbocycles. The van der Waals surface area contributed by atoms with Crippen molar-refractivity contribution in [3.63, 3.8) is 0 Å². The third kappa shape index (κ3) is 9.10. The number of methoxy groups -OCH3 is 1. The van der Waals surface area contributed by atoms with E-state index in [1.54, 1.807) is 7.11 Å². The standard InChI is InChI=1S/C35H26O3.2ClHO4/c1-36-27-17-19-28-25(20-27)16-18-30-34(29-14-8-9-15-31(29)38-35(28)30)26-21-32(23-10-4-2-5-11-23)37-33(22-26)24-12-6-3-7-13-24;2*2-1(3,4)5/h2-15,17,19-22H,16,18H2,1H3;2*(H,2,3,4,5)/q+2;;/p-2. The molecule has 0 saturated carbocycles. The zero-order chi connectivity index (χ0) is 34.5. The zero-order valence-corrected chi connectivity index (χ0v) is 26.6. The number of halogens is 2. The first-order valence-electron chi connectivity index (χ1n) is 14.2. The minimum atomic E-state index is -4.94. The molecule has 2 heterocycles. The Bertz CT molecular complexity index is 1930. The van der Waals surface area contributed by atoms with Gasteiger partial charge in [0.05, 0.1) is 46.9 Å². The molecule has 48 heavy (non-hydrogen) atoms. The Kier molecular flexibility index (Phi) is 10.7. The van der Waals surface area contributed by atoms with Gasteiger partial charge in [0.1, 0.15) is 5.75 Å². The molecule has 13 heteroatoms. The van der Waals surface area contributed by atoms with Crippen molar-refractivity contribution in [2.75, 3.05) is 7.11 Å². The van der Waals surface area contributed by atoms with Crippen molar-refractivity contribution in [1.29, 1.82) is 0 Å². The Morgan fingerprint density at radius 1 is 0.562 bits per heavy atom. The van der Waals surface area contributed by atoms with Crippen molar-refractivity contribution in [2.24, 2.45) is 0 Å². The second-order valence-corrected chi connectivity index (χ2v) is 11.9. The molecular weight excluding hydrogens is 667 g/mol. The first kappa shape index (κ1) is 34.8. The van der Waals surface area contributed by atoms with Crippen LogP contribution in [-0.4, -0.2) is 7.11 Å². The van der Waals surface area contributed by atoms with Gasteiger partial charge in [-0.3, -0.25) is 0 Å². The summed E-state index contributed by atoms with van der Waals surface area (Å²) in [7, 11) is -8.18. The van der Waals surface area contributed by atoms with Gasteiger partial charge in [-0.05, 0) is 66.9 Å². The van der Waals surface area contributed by atoms with E-state index in [1.165, 1.54) is 16.7 Å². The van der Waals surface area contributed by atoms with E-state index in [0.29, 0.717) is 0 Å². The fourth-order valence-corrected chi connectivity index (χ4v) is 5.52. The number of aryl methyl sites for hydroxylation is 1. The van der Waals surface area contributed by atoms with Crippen LogP contribution in [0.4, 0.5) is 0 Å². The number of ether oxygens (including phenoxy) is 1. The molecule has 2 aromatic heterocycles. The Morgan fingerprint density at radius 3 is 1.62 bits per heavy atom. The Hall–Kier alpha value is -4.50. The smallest absolute Gasteiger partial charge is 0.364 e. The average molecular weight is 693 g/mol. The van der Waals surface area contributed by atoms with Crippen LogP contribution in [0.2, 0.25) is 0 Å². The largest absolute Gasteiger partial charge is 0.497 e. The molecule has 0 spiro atoms. The zero-order valence-electron chi connectivity index (χ0n) is 25.1. The monoisotopic (exact) mass is 692 g/mol. The molecule has 0 unspecified atom stereocenters. The fourth-order valence-electron chi connectivity index (χ4n) is 5.52. The average Bonchev–Trinajstić information content (AvgIpc) is 3.06. The molecule has 11 nitrogen and oxygen atoms in total. The Morgan fingerprint density at radius 2 is 1.08 bits per heavy atom. The molecule has 0 aliphatic heterocycles. The molecular formula is C35H26Cl2O11. The van der Waals surface area contributed by atoms with Gasteiger partial charge in [0.2, 0.25) is 0 Å². The lowest BCUT2D eigenvalue weighted by atomic mass is 9.84. The van der Waals surface area contributed by atoms with Gasteiger partial charge in [-0.1, -0.05) is 48.5 Å². The van der Waals surface area contributed by atoms with Crippen molar-refractivity contribution < 1.29 is 71.3 Å². The van der Waals surface area contributed by atoms with Crippen LogP contribution in [0.15, 0.2) is 124 Å². The summed E-state index contributed by atoms with van der Waals surface area (Å²) in [5.74, 6) is 3.48. The highest BCUT2D eigenvalue weighted by molar-refractivity contribution is 5.99. The number of hydrogen-bond donors (Lipinski definition) is 0. The molecule has 6 aromatic rings. The van der Waals surface area contributed by atoms with Crippen molar-refractivity contribution in [3.8, 4) is 50.8 Å². The van der Waals surface area contributed by atoms with Crippen LogP contribution >= 0.6 is 0 Å². The number of rotatable bonds is 4. The first-order chi connectivity index (χ1) is 22.8. The highest BCUT2D eigenvalue weighted by Gasteiger charge is 2.34. The van der Waals surface area contributed by atoms with Crippen LogP contribution in [0.3, 0.4) is 0 Å². The Labute approximate surface area is 278 Å². The van der Waals surface area contributed by atoms with E-state index < -0.39 is 20.5 Å². The minimum absolute atomic E-state index is 0.835. The van der Waals surface area contributed by atoms with E-state index in [2.05, 4.69) is 66.7 Å². The van der Waals surface area contributed by atoms with E-state index in [0.717, 1.165) is 69.1 Å². The maximum atomic E-state index is 8.49. The molecule has 0 radical (unpaired) electrons. The predicted octanol–water partition coefficient (Wildman–Crippen LogP) is -0.149. The summed E-state index contributed by atoms with van der Waals surface area (Å²) < 4.78 is 86.6. The van der Waals surface area contributed by atoms with Crippen molar-refractivity contribution in [1.82, 2.24) is 0 Å². The highest BCUT2D eigenvalue weighted by Crippen LogP contribution is 2.45. The number of hydrogen-bond acceptors (Lipinski definition) is 9. The van der Waals surface area contributed by atoms with E-state index in [4.69, 9.17) is 50.8 Å². The van der Waals surface area contributed by atoms with E-state index in [-0.39, 0.29) is 0 Å². The molecule has 4 aromatic carbocycles. The summed E-state index contributed by atoms with van der Waals surface area (Å²) >= 11 is 0. The minimum Gasteiger partial charge on any atom is -0.497 e. The van der Waals surface area contributed by atoms with Crippen molar-refractivity contribution >= 4 is 11.0 Å². The van der Waals surface area contributed by atoms with E-state index >= 15 is 0 Å². The quantitative estimate of drug-likeness (QED) is 0.221. The number of para-hydroxylation sites is 1. The highest BCUT2D eigenvalue weighted by atomic mass is 35.7. The Balaban J connectivity index is 0.000000397. The summed E-state index contributed by atoms with van der Waals surface area (Å²) in [5, 5.41) is 1.10. The fraction of sp³-hybridized carbons (Fsp3) is 0.0857. The van der Waals surface area contributed by atoms with Crippen LogP contribution < -0.4 is 42.0 Å². The molecule has 1 aliphatic rings. The van der Waals surface area contributed by atoms with E-state index in [1.807, 2.05) is 48.5 Å². The molecule has 7 rings (SSSR count). The second kappa shape index (κ2) is 14.7. The number of fused-ring (bicyclic) bond motifs is 4. The van der Waals surface area contributed by atoms with Crippen LogP contribution in [0.5, 0.6) is 5.75 Å². The topological polar surface area (TPSA) is 216 Å². The maximum Gasteiger partial charge on any atom is 0.364 e. The molecule has 0 atom stereocenters. The molecule has 0 N–H and O–H groups in total. The lowest BCUT2D eigenvalue weighted by molar-refractivity contribution is -2.00. The van der Waals surface area contributed by atoms with Gasteiger partial charge in [0.15, 0.2) is 0 Å². The molecule has 0 fully saturated rings. The van der Waals surface area contributed by atoms with Crippen LogP contribution in [0, 0.1) is 20.5 Å². The van der Waals surface area contributed by atoms with Crippen molar-refractivity contribution in [3.05, 3.63) is 126 Å². The first-order valence-corrected chi connectivity index (χ1v) is 16.6. The van der Waals surface area contributed by atoms with Gasteiger partial charge in [-0.2, -0.15) is 0 Å². The maximum absolute atomic E-state index is 8.49. The second-order valence-electron chi connectivity index (χ2n) is 10.4. The van der Waals surface area contributed by atoms with Gasteiger partial charge in [0.25, 0.3) is 0 Å². The van der Waals surface area contributed by atoms with Gasteiger partial charge >= 0.3 is 22.9 Å². The molecule has 246 valence electrons. The summed E-state index contributed by atoms with van der Waals surface area (Å²) in [5.41, 5.74) is 8.89. The predicted molar refractivity (Wildman–Crippen MR) is 153 cm³/mol.